The third-order valence-electron chi connectivity index (χ3n) is 6.55. The quantitative estimate of drug-likeness (QED) is 0.346. The molecule has 8 nitrogen and oxygen atoms in total. The highest BCUT2D eigenvalue weighted by Gasteiger charge is 2.52. The van der Waals surface area contributed by atoms with E-state index in [2.05, 4.69) is 5.32 Å². The lowest BCUT2D eigenvalue weighted by atomic mass is 9.76. The maximum atomic E-state index is 13.8. The summed E-state index contributed by atoms with van der Waals surface area (Å²) < 4.78 is 5.09. The van der Waals surface area contributed by atoms with Crippen molar-refractivity contribution in [1.82, 2.24) is 15.1 Å². The molecular formula is C26H49N3O5. The van der Waals surface area contributed by atoms with Crippen molar-refractivity contribution in [2.45, 2.75) is 98.9 Å². The fourth-order valence-electron chi connectivity index (χ4n) is 4.51. The van der Waals surface area contributed by atoms with Crippen molar-refractivity contribution < 1.29 is 24.2 Å². The Hall–Kier alpha value is -1.93. The lowest BCUT2D eigenvalue weighted by Crippen LogP contribution is -2.70. The van der Waals surface area contributed by atoms with Gasteiger partial charge in [0.2, 0.25) is 11.8 Å². The van der Waals surface area contributed by atoms with Crippen molar-refractivity contribution in [3.8, 4) is 0 Å². The molecule has 198 valence electrons. The summed E-state index contributed by atoms with van der Waals surface area (Å²) in [5.74, 6) is -1.08. The summed E-state index contributed by atoms with van der Waals surface area (Å²) in [5.41, 5.74) is -2.76. The maximum Gasteiger partial charge on any atom is 0.333 e. The smallest absolute Gasteiger partial charge is 0.333 e. The van der Waals surface area contributed by atoms with Crippen molar-refractivity contribution in [3.05, 3.63) is 11.6 Å². The first-order valence-electron chi connectivity index (χ1n) is 12.1. The van der Waals surface area contributed by atoms with Crippen LogP contribution >= 0.6 is 0 Å². The minimum Gasteiger partial charge on any atom is -0.463 e. The van der Waals surface area contributed by atoms with E-state index in [0.717, 1.165) is 0 Å². The summed E-state index contributed by atoms with van der Waals surface area (Å²) in [5, 5.41) is 13.9. The molecule has 2 amide bonds. The fourth-order valence-corrected chi connectivity index (χ4v) is 4.51. The van der Waals surface area contributed by atoms with Gasteiger partial charge in [-0.25, -0.2) is 4.79 Å². The minimum absolute atomic E-state index is 0.0162. The van der Waals surface area contributed by atoms with Crippen molar-refractivity contribution in [3.63, 3.8) is 0 Å². The molecule has 3 atom stereocenters. The van der Waals surface area contributed by atoms with Crippen LogP contribution in [0, 0.1) is 11.3 Å². The standard InChI is InChI=1S/C26H49N3O5/c1-14-26(28(11)12,25(9,10)33)23(32)27-20(24(6,7)8)21(30)29(13)19(17(3)4)16-18(5)22(31)34-15-2/h16-17,19-20,33H,14-15H2,1-13H3,(H,27,32)/b18-16+/t19-,20-,26-/m1/s1. The van der Waals surface area contributed by atoms with Crippen molar-refractivity contribution in [2.75, 3.05) is 27.7 Å². The second-order valence-electron chi connectivity index (χ2n) is 11.2. The van der Waals surface area contributed by atoms with Gasteiger partial charge in [-0.3, -0.25) is 14.5 Å². The van der Waals surface area contributed by atoms with Crippen LogP contribution in [0.1, 0.15) is 75.7 Å². The van der Waals surface area contributed by atoms with Gasteiger partial charge in [-0.15, -0.1) is 0 Å². The molecule has 0 saturated heterocycles. The van der Waals surface area contributed by atoms with Crippen molar-refractivity contribution in [1.29, 1.82) is 0 Å². The van der Waals surface area contributed by atoms with Crippen LogP contribution in [0.25, 0.3) is 0 Å². The molecule has 0 unspecified atom stereocenters. The van der Waals surface area contributed by atoms with E-state index < -0.39 is 34.5 Å². The zero-order chi connectivity index (χ0) is 27.2. The molecule has 0 heterocycles. The van der Waals surface area contributed by atoms with E-state index >= 15 is 0 Å². The average Bonchev–Trinajstić information content (AvgIpc) is 2.67. The number of carbonyl (C=O) groups excluding carboxylic acids is 3. The van der Waals surface area contributed by atoms with Gasteiger partial charge in [0.05, 0.1) is 18.2 Å². The molecule has 0 rings (SSSR count). The molecule has 8 heteroatoms. The Bertz CT molecular complexity index is 747. The van der Waals surface area contributed by atoms with Gasteiger partial charge in [0.25, 0.3) is 0 Å². The van der Waals surface area contributed by atoms with Gasteiger partial charge in [0, 0.05) is 12.6 Å². The molecule has 0 radical (unpaired) electrons. The minimum atomic E-state index is -1.35. The Kier molecular flexibility index (Phi) is 11.5. The highest BCUT2D eigenvalue weighted by molar-refractivity contribution is 5.93. The topological polar surface area (TPSA) is 99.2 Å². The molecule has 34 heavy (non-hydrogen) atoms. The van der Waals surface area contributed by atoms with Crippen molar-refractivity contribution >= 4 is 17.8 Å². The Balaban J connectivity index is 6.29. The second-order valence-corrected chi connectivity index (χ2v) is 11.2. The lowest BCUT2D eigenvalue weighted by molar-refractivity contribution is -0.155. The Morgan fingerprint density at radius 2 is 1.53 bits per heavy atom. The number of esters is 1. The van der Waals surface area contributed by atoms with Gasteiger partial charge in [0.15, 0.2) is 0 Å². The molecule has 2 N–H and O–H groups in total. The molecule has 0 saturated carbocycles. The predicted octanol–water partition coefficient (Wildman–Crippen LogP) is 2.99. The van der Waals surface area contributed by atoms with E-state index in [-0.39, 0.29) is 24.5 Å². The van der Waals surface area contributed by atoms with Gasteiger partial charge < -0.3 is 20.1 Å². The SMILES string of the molecule is CCOC(=O)/C(C)=C/[C@H](C(C)C)N(C)C(=O)[C@@H](NC(=O)[C@@](CC)(N(C)C)C(C)(C)O)C(C)(C)C. The largest absolute Gasteiger partial charge is 0.463 e. The molecule has 0 aromatic rings. The predicted molar refractivity (Wildman–Crippen MR) is 136 cm³/mol. The summed E-state index contributed by atoms with van der Waals surface area (Å²) in [6, 6.07) is -1.23. The zero-order valence-corrected chi connectivity index (χ0v) is 23.7. The molecule has 0 aliphatic carbocycles. The molecule has 0 aliphatic heterocycles. The summed E-state index contributed by atoms with van der Waals surface area (Å²) in [7, 11) is 5.18. The third kappa shape index (κ3) is 7.28. The van der Waals surface area contributed by atoms with Gasteiger partial charge in [-0.05, 0) is 59.5 Å². The molecule has 0 bridgehead atoms. The summed E-state index contributed by atoms with van der Waals surface area (Å²) >= 11 is 0. The maximum absolute atomic E-state index is 13.8. The van der Waals surface area contributed by atoms with Crippen LogP contribution < -0.4 is 5.32 Å². The first-order valence-corrected chi connectivity index (χ1v) is 12.1. The van der Waals surface area contributed by atoms with Crippen molar-refractivity contribution in [2.24, 2.45) is 11.3 Å². The van der Waals surface area contributed by atoms with E-state index in [1.165, 1.54) is 0 Å². The number of amides is 2. The lowest BCUT2D eigenvalue weighted by Gasteiger charge is -2.47. The highest BCUT2D eigenvalue weighted by Crippen LogP contribution is 2.32. The fraction of sp³-hybridized carbons (Fsp3) is 0.808. The number of likely N-dealkylation sites (N-methyl/N-ethyl adjacent to an activating group) is 2. The van der Waals surface area contributed by atoms with E-state index in [1.54, 1.807) is 64.7 Å². The van der Waals surface area contributed by atoms with E-state index in [0.29, 0.717) is 12.0 Å². The average molecular weight is 484 g/mol. The van der Waals surface area contributed by atoms with Crippen LogP contribution in [0.5, 0.6) is 0 Å². The molecule has 0 spiro atoms. The third-order valence-corrected chi connectivity index (χ3v) is 6.55. The van der Waals surface area contributed by atoms with Gasteiger partial charge in [0.1, 0.15) is 11.6 Å². The summed E-state index contributed by atoms with van der Waals surface area (Å²) in [4.78, 5) is 42.9. The van der Waals surface area contributed by atoms with Gasteiger partial charge in [-0.2, -0.15) is 0 Å². The Labute approximate surface area is 207 Å². The number of nitrogens with zero attached hydrogens (tertiary/aromatic N) is 2. The van der Waals surface area contributed by atoms with Crippen LogP contribution in [0.3, 0.4) is 0 Å². The number of rotatable bonds is 11. The summed E-state index contributed by atoms with van der Waals surface area (Å²) in [6.45, 7) is 18.4. The van der Waals surface area contributed by atoms with E-state index in [4.69, 9.17) is 4.74 Å². The number of carbonyl (C=O) groups is 3. The summed E-state index contributed by atoms with van der Waals surface area (Å²) in [6.07, 6.45) is 2.10. The zero-order valence-electron chi connectivity index (χ0n) is 23.7. The Morgan fingerprint density at radius 3 is 1.85 bits per heavy atom. The molecule has 0 aromatic carbocycles. The monoisotopic (exact) mass is 483 g/mol. The Morgan fingerprint density at radius 1 is 1.03 bits per heavy atom. The van der Waals surface area contributed by atoms with Crippen LogP contribution in [0.15, 0.2) is 11.6 Å². The van der Waals surface area contributed by atoms with Gasteiger partial charge >= 0.3 is 5.97 Å². The van der Waals surface area contributed by atoms with Crippen LogP contribution in [-0.4, -0.2) is 83.7 Å². The molecule has 0 aliphatic rings. The normalized spacial score (nSPS) is 16.6. The first-order chi connectivity index (χ1) is 15.3. The van der Waals surface area contributed by atoms with Crippen LogP contribution in [-0.2, 0) is 19.1 Å². The van der Waals surface area contributed by atoms with E-state index in [1.807, 2.05) is 41.5 Å². The van der Waals surface area contributed by atoms with Gasteiger partial charge in [-0.1, -0.05) is 47.6 Å². The van der Waals surface area contributed by atoms with E-state index in [9.17, 15) is 19.5 Å². The first kappa shape index (κ1) is 32.1. The molecular weight excluding hydrogens is 434 g/mol. The van der Waals surface area contributed by atoms with Crippen LogP contribution in [0.2, 0.25) is 0 Å². The molecule has 0 fully saturated rings. The molecule has 0 aromatic heterocycles. The number of nitrogens with one attached hydrogen (secondary N) is 1. The number of hydrogen-bond donors (Lipinski definition) is 2. The number of aliphatic hydroxyl groups is 1. The number of hydrogen-bond acceptors (Lipinski definition) is 6. The van der Waals surface area contributed by atoms with Crippen LogP contribution in [0.4, 0.5) is 0 Å². The second kappa shape index (κ2) is 12.2. The number of ether oxygens (including phenoxy) is 1. The highest BCUT2D eigenvalue weighted by atomic mass is 16.5.